The third kappa shape index (κ3) is 4.66. The average molecular weight is 566 g/mol. The van der Waals surface area contributed by atoms with Crippen LogP contribution >= 0.6 is 0 Å². The second kappa shape index (κ2) is 9.68. The molecule has 2 amide bonds. The van der Waals surface area contributed by atoms with E-state index in [2.05, 4.69) is 25.6 Å². The van der Waals surface area contributed by atoms with E-state index in [1.54, 1.807) is 54.7 Å². The number of fused-ring (bicyclic) bond motifs is 1. The van der Waals surface area contributed by atoms with E-state index in [1.165, 1.54) is 13.0 Å². The van der Waals surface area contributed by atoms with Crippen LogP contribution in [0.4, 0.5) is 11.5 Å². The number of ether oxygens (including phenoxy) is 1. The minimum absolute atomic E-state index is 0.0399. The third-order valence-electron chi connectivity index (χ3n) is 9.01. The summed E-state index contributed by atoms with van der Waals surface area (Å²) in [5.74, 6) is 0.927. The van der Waals surface area contributed by atoms with Gasteiger partial charge >= 0.3 is 5.97 Å². The maximum atomic E-state index is 13.7. The molecule has 2 unspecified atom stereocenters. The second-order valence-corrected chi connectivity index (χ2v) is 12.2. The molecule has 4 bridgehead atoms. The highest BCUT2D eigenvalue weighted by Gasteiger charge is 2.62. The quantitative estimate of drug-likeness (QED) is 0.228. The molecule has 4 aliphatic rings. The van der Waals surface area contributed by atoms with Crippen molar-refractivity contribution in [1.82, 2.24) is 15.0 Å². The summed E-state index contributed by atoms with van der Waals surface area (Å²) in [6, 6.07) is 15.4. The Kier molecular flexibility index (Phi) is 6.04. The number of esters is 1. The van der Waals surface area contributed by atoms with Crippen LogP contribution in [0.5, 0.6) is 5.75 Å². The second-order valence-electron chi connectivity index (χ2n) is 12.2. The van der Waals surface area contributed by atoms with Gasteiger partial charge in [0.2, 0.25) is 5.91 Å². The first-order chi connectivity index (χ1) is 20.2. The van der Waals surface area contributed by atoms with Gasteiger partial charge in [0.25, 0.3) is 5.91 Å². The number of phenolic OH excluding ortho intramolecular Hbond substituents is 1. The van der Waals surface area contributed by atoms with Gasteiger partial charge in [0.15, 0.2) is 0 Å². The number of pyridine rings is 1. The number of imidazole rings is 1. The van der Waals surface area contributed by atoms with Crippen LogP contribution < -0.4 is 10.6 Å². The lowest BCUT2D eigenvalue weighted by molar-refractivity contribution is -0.200. The molecule has 0 spiro atoms. The molecule has 0 saturated heterocycles. The van der Waals surface area contributed by atoms with Crippen LogP contribution in [0.25, 0.3) is 22.4 Å². The van der Waals surface area contributed by atoms with Gasteiger partial charge in [0, 0.05) is 36.9 Å². The van der Waals surface area contributed by atoms with Gasteiger partial charge in [0.1, 0.15) is 23.0 Å². The summed E-state index contributed by atoms with van der Waals surface area (Å²) >= 11 is 0. The lowest BCUT2D eigenvalue weighted by Crippen LogP contribution is -2.60. The molecule has 10 nitrogen and oxygen atoms in total. The predicted molar refractivity (Wildman–Crippen MR) is 156 cm³/mol. The van der Waals surface area contributed by atoms with E-state index >= 15 is 0 Å². The highest BCUT2D eigenvalue weighted by atomic mass is 16.6. The Balaban J connectivity index is 1.09. The molecule has 214 valence electrons. The third-order valence-corrected chi connectivity index (χ3v) is 9.01. The van der Waals surface area contributed by atoms with Crippen LogP contribution in [0.2, 0.25) is 0 Å². The minimum Gasteiger partial charge on any atom is -0.507 e. The molecule has 4 saturated carbocycles. The van der Waals surface area contributed by atoms with E-state index in [0.717, 1.165) is 32.1 Å². The molecule has 2 heterocycles. The number of carbonyl (C=O) groups is 3. The number of nitrogens with one attached hydrogen (secondary N) is 3. The molecule has 0 radical (unpaired) electrons. The number of hydrogen-bond donors (Lipinski definition) is 4. The van der Waals surface area contributed by atoms with Gasteiger partial charge < -0.3 is 25.5 Å². The normalized spacial score (nSPS) is 25.7. The van der Waals surface area contributed by atoms with Gasteiger partial charge in [-0.3, -0.25) is 14.4 Å². The molecular weight excluding hydrogens is 534 g/mol. The largest absolute Gasteiger partial charge is 0.507 e. The predicted octanol–water partition coefficient (Wildman–Crippen LogP) is 5.42. The van der Waals surface area contributed by atoms with E-state index in [0.29, 0.717) is 57.7 Å². The van der Waals surface area contributed by atoms with Crippen molar-refractivity contribution in [3.8, 4) is 17.1 Å². The summed E-state index contributed by atoms with van der Waals surface area (Å²) in [5.41, 5.74) is 1.54. The van der Waals surface area contributed by atoms with Crippen molar-refractivity contribution in [3.05, 3.63) is 66.4 Å². The SMILES string of the molecule is CC(=O)OC12CC3CC(C1)CC(C(=O)Nc1ccc(-c4nc5cc(C(=O)Nc6ccccn6)ccc5[nH]4)c(O)c1)(C3)C2. The Morgan fingerprint density at radius 2 is 1.81 bits per heavy atom. The van der Waals surface area contributed by atoms with Crippen LogP contribution in [0, 0.1) is 17.3 Å². The first-order valence-corrected chi connectivity index (χ1v) is 14.3. The van der Waals surface area contributed by atoms with E-state index in [9.17, 15) is 19.5 Å². The zero-order valence-electron chi connectivity index (χ0n) is 23.1. The molecule has 10 heteroatoms. The summed E-state index contributed by atoms with van der Waals surface area (Å²) in [7, 11) is 0. The van der Waals surface area contributed by atoms with Gasteiger partial charge in [-0.1, -0.05) is 6.07 Å². The number of aromatic amines is 1. The van der Waals surface area contributed by atoms with Crippen LogP contribution in [0.3, 0.4) is 0 Å². The number of benzene rings is 2. The highest BCUT2D eigenvalue weighted by Crippen LogP contribution is 2.63. The van der Waals surface area contributed by atoms with Crippen LogP contribution in [-0.2, 0) is 14.3 Å². The Hall–Kier alpha value is -4.73. The maximum absolute atomic E-state index is 13.7. The molecule has 2 aromatic carbocycles. The van der Waals surface area contributed by atoms with Crippen molar-refractivity contribution in [1.29, 1.82) is 0 Å². The van der Waals surface area contributed by atoms with Gasteiger partial charge in [-0.05, 0) is 86.4 Å². The summed E-state index contributed by atoms with van der Waals surface area (Å²) in [6.45, 7) is 1.44. The fourth-order valence-corrected chi connectivity index (χ4v) is 7.84. The Morgan fingerprint density at radius 1 is 1.00 bits per heavy atom. The van der Waals surface area contributed by atoms with Crippen LogP contribution in [0.15, 0.2) is 60.8 Å². The van der Waals surface area contributed by atoms with E-state index in [4.69, 9.17) is 4.74 Å². The van der Waals surface area contributed by atoms with Crippen LogP contribution in [0.1, 0.15) is 55.8 Å². The molecular formula is C32H31N5O5. The number of nitrogens with zero attached hydrogens (tertiary/aromatic N) is 2. The molecule has 4 aliphatic carbocycles. The number of phenols is 1. The summed E-state index contributed by atoms with van der Waals surface area (Å²) in [4.78, 5) is 50.2. The van der Waals surface area contributed by atoms with Crippen LogP contribution in [-0.4, -0.2) is 43.4 Å². The summed E-state index contributed by atoms with van der Waals surface area (Å²) in [5, 5.41) is 16.7. The molecule has 8 rings (SSSR count). The number of amides is 2. The fraction of sp³-hybridized carbons (Fsp3) is 0.344. The smallest absolute Gasteiger partial charge is 0.303 e. The number of anilines is 2. The van der Waals surface area contributed by atoms with Gasteiger partial charge in [-0.25, -0.2) is 9.97 Å². The Morgan fingerprint density at radius 3 is 2.52 bits per heavy atom. The van der Waals surface area contributed by atoms with E-state index in [-0.39, 0.29) is 23.5 Å². The first kappa shape index (κ1) is 26.2. The van der Waals surface area contributed by atoms with Crippen molar-refractivity contribution in [2.75, 3.05) is 10.6 Å². The molecule has 2 atom stereocenters. The number of aromatic nitrogens is 3. The molecule has 42 heavy (non-hydrogen) atoms. The van der Waals surface area contributed by atoms with E-state index < -0.39 is 11.0 Å². The number of hydrogen-bond acceptors (Lipinski definition) is 7. The lowest BCUT2D eigenvalue weighted by atomic mass is 9.47. The first-order valence-electron chi connectivity index (χ1n) is 14.3. The number of H-pyrrole nitrogens is 1. The number of aromatic hydroxyl groups is 1. The average Bonchev–Trinajstić information content (AvgIpc) is 3.35. The number of rotatable bonds is 6. The van der Waals surface area contributed by atoms with Gasteiger partial charge in [-0.2, -0.15) is 0 Å². The van der Waals surface area contributed by atoms with Gasteiger partial charge in [-0.15, -0.1) is 0 Å². The van der Waals surface area contributed by atoms with Crippen molar-refractivity contribution in [2.24, 2.45) is 17.3 Å². The molecule has 4 fully saturated rings. The van der Waals surface area contributed by atoms with Crippen molar-refractivity contribution in [3.63, 3.8) is 0 Å². The number of carbonyl (C=O) groups excluding carboxylic acids is 3. The topological polar surface area (TPSA) is 146 Å². The molecule has 4 aromatic rings. The molecule has 0 aliphatic heterocycles. The minimum atomic E-state index is -0.576. The summed E-state index contributed by atoms with van der Waals surface area (Å²) in [6.07, 6.45) is 6.49. The fourth-order valence-electron chi connectivity index (χ4n) is 7.84. The lowest BCUT2D eigenvalue weighted by Gasteiger charge is -2.60. The zero-order chi connectivity index (χ0) is 29.1. The summed E-state index contributed by atoms with van der Waals surface area (Å²) < 4.78 is 5.84. The van der Waals surface area contributed by atoms with Crippen molar-refractivity contribution < 1.29 is 24.2 Å². The zero-order valence-corrected chi connectivity index (χ0v) is 23.1. The molecule has 4 N–H and O–H groups in total. The van der Waals surface area contributed by atoms with E-state index in [1.807, 2.05) is 0 Å². The maximum Gasteiger partial charge on any atom is 0.303 e. The van der Waals surface area contributed by atoms with Crippen molar-refractivity contribution in [2.45, 2.75) is 51.0 Å². The Bertz CT molecular complexity index is 1720. The molecule has 2 aromatic heterocycles. The highest BCUT2D eigenvalue weighted by molar-refractivity contribution is 6.05. The standard InChI is InChI=1S/C32H31N5O5/c1-18(38)42-32-15-19-10-20(16-32)14-31(13-19,17-32)30(41)34-22-6-7-23(26(39)12-22)28-35-24-8-5-21(11-25(24)36-28)29(40)37-27-4-2-3-9-33-27/h2-9,11-12,19-20,39H,10,13-17H2,1H3,(H,34,41)(H,35,36)(H,33,37,40). The van der Waals surface area contributed by atoms with Gasteiger partial charge in [0.05, 0.1) is 22.0 Å². The monoisotopic (exact) mass is 565 g/mol. The van der Waals surface area contributed by atoms with Crippen molar-refractivity contribution >= 4 is 40.3 Å². The Labute approximate surface area is 241 Å².